The van der Waals surface area contributed by atoms with Crippen molar-refractivity contribution < 1.29 is 0 Å². The smallest absolute Gasteiger partial charge is 0.138 e. The van der Waals surface area contributed by atoms with Crippen LogP contribution in [-0.4, -0.2) is 5.66 Å². The number of nitrogens with one attached hydrogen (secondary N) is 1. The molecule has 0 aromatic heterocycles. The summed E-state index contributed by atoms with van der Waals surface area (Å²) < 4.78 is 0. The van der Waals surface area contributed by atoms with E-state index >= 15 is 0 Å². The van der Waals surface area contributed by atoms with Crippen molar-refractivity contribution in [2.75, 3.05) is 10.2 Å². The quantitative estimate of drug-likeness (QED) is 0.222. The number of anilines is 3. The Bertz CT molecular complexity index is 1840. The second-order valence-corrected chi connectivity index (χ2v) is 10.3. The Morgan fingerprint density at radius 2 is 1.15 bits per heavy atom. The molecule has 0 bridgehead atoms. The molecule has 0 heterocycles. The van der Waals surface area contributed by atoms with Crippen LogP contribution in [-0.2, 0) is 0 Å². The molecule has 7 rings (SSSR count). The molecule has 6 aromatic carbocycles. The minimum Gasteiger partial charge on any atom is -0.358 e. The van der Waals surface area contributed by atoms with Gasteiger partial charge in [-0.05, 0) is 52.3 Å². The molecular weight excluding hydrogens is 484 g/mol. The highest BCUT2D eigenvalue weighted by Gasteiger charge is 2.38. The molecule has 1 aliphatic carbocycles. The van der Waals surface area contributed by atoms with Gasteiger partial charge in [0.2, 0.25) is 0 Å². The maximum atomic E-state index is 4.07. The lowest BCUT2D eigenvalue weighted by Gasteiger charge is -2.46. The molecule has 6 aromatic rings. The van der Waals surface area contributed by atoms with Crippen LogP contribution >= 0.6 is 0 Å². The summed E-state index contributed by atoms with van der Waals surface area (Å²) in [5, 5.41) is 8.94. The first-order valence-corrected chi connectivity index (χ1v) is 13.8. The summed E-state index contributed by atoms with van der Waals surface area (Å²) in [4.78, 5) is 2.48. The zero-order chi connectivity index (χ0) is 26.8. The van der Waals surface area contributed by atoms with Gasteiger partial charge in [0.1, 0.15) is 5.66 Å². The van der Waals surface area contributed by atoms with Crippen molar-refractivity contribution in [2.24, 2.45) is 0 Å². The van der Waals surface area contributed by atoms with Crippen molar-refractivity contribution in [1.29, 1.82) is 0 Å². The number of benzene rings is 6. The summed E-state index contributed by atoms with van der Waals surface area (Å²) in [7, 11) is 0. The lowest BCUT2D eigenvalue weighted by molar-refractivity contribution is 0.589. The fraction of sp³-hybridized carbons (Fsp3) is 0.0526. The first kappa shape index (κ1) is 24.0. The molecule has 2 heteroatoms. The van der Waals surface area contributed by atoms with E-state index in [2.05, 4.69) is 174 Å². The van der Waals surface area contributed by atoms with Gasteiger partial charge in [0.05, 0.1) is 5.69 Å². The van der Waals surface area contributed by atoms with Crippen LogP contribution in [0.15, 0.2) is 164 Å². The van der Waals surface area contributed by atoms with Crippen LogP contribution in [0.4, 0.5) is 17.1 Å². The number of rotatable bonds is 6. The highest BCUT2D eigenvalue weighted by Crippen LogP contribution is 2.43. The lowest BCUT2D eigenvalue weighted by atomic mass is 9.89. The van der Waals surface area contributed by atoms with Crippen molar-refractivity contribution in [3.05, 3.63) is 169 Å². The highest BCUT2D eigenvalue weighted by molar-refractivity contribution is 5.98. The Kier molecular flexibility index (Phi) is 6.14. The minimum atomic E-state index is -0.562. The monoisotopic (exact) mass is 514 g/mol. The summed E-state index contributed by atoms with van der Waals surface area (Å²) in [6.07, 6.45) is 7.77. The first-order valence-electron chi connectivity index (χ1n) is 13.8. The zero-order valence-electron chi connectivity index (χ0n) is 22.2. The van der Waals surface area contributed by atoms with Crippen molar-refractivity contribution in [1.82, 2.24) is 0 Å². The number of para-hydroxylation sites is 1. The van der Waals surface area contributed by atoms with Gasteiger partial charge in [-0.25, -0.2) is 0 Å². The van der Waals surface area contributed by atoms with Gasteiger partial charge in [-0.3, -0.25) is 0 Å². The Balaban J connectivity index is 1.45. The maximum absolute atomic E-state index is 4.07. The fourth-order valence-corrected chi connectivity index (χ4v) is 5.92. The molecule has 0 spiro atoms. The Morgan fingerprint density at radius 3 is 1.88 bits per heavy atom. The molecule has 1 N–H and O–H groups in total. The summed E-state index contributed by atoms with van der Waals surface area (Å²) in [6, 6.07) is 51.7. The Hall–Kier alpha value is -5.08. The predicted molar refractivity (Wildman–Crippen MR) is 171 cm³/mol. The van der Waals surface area contributed by atoms with E-state index in [1.54, 1.807) is 0 Å². The van der Waals surface area contributed by atoms with Crippen LogP contribution < -0.4 is 10.2 Å². The van der Waals surface area contributed by atoms with Crippen LogP contribution in [0.5, 0.6) is 0 Å². The standard InChI is InChI=1S/C38H30N2/c1-3-13-29(14-4-1)30-25-27-38(28-26-30,39-36-23-11-17-31-15-7-9-21-34(31)36)40(33-19-5-2-6-20-33)37-24-12-18-32-16-8-10-22-35(32)37/h1-27,39H,28H2. The van der Waals surface area contributed by atoms with Crippen molar-refractivity contribution in [2.45, 2.75) is 12.1 Å². The second-order valence-electron chi connectivity index (χ2n) is 10.3. The third kappa shape index (κ3) is 4.34. The summed E-state index contributed by atoms with van der Waals surface area (Å²) in [5.74, 6) is 0. The fourth-order valence-electron chi connectivity index (χ4n) is 5.92. The second kappa shape index (κ2) is 10.2. The van der Waals surface area contributed by atoms with Gasteiger partial charge >= 0.3 is 0 Å². The molecule has 0 saturated heterocycles. The van der Waals surface area contributed by atoms with E-state index in [0.29, 0.717) is 0 Å². The molecule has 1 atom stereocenters. The first-order chi connectivity index (χ1) is 19.8. The summed E-state index contributed by atoms with van der Waals surface area (Å²) in [5.41, 5.74) is 5.32. The number of hydrogen-bond donors (Lipinski definition) is 1. The number of fused-ring (bicyclic) bond motifs is 2. The summed E-state index contributed by atoms with van der Waals surface area (Å²) >= 11 is 0. The van der Waals surface area contributed by atoms with Crippen LogP contribution in [0, 0.1) is 0 Å². The van der Waals surface area contributed by atoms with Gasteiger partial charge in [-0.1, -0.05) is 133 Å². The molecule has 0 saturated carbocycles. The van der Waals surface area contributed by atoms with Gasteiger partial charge in [0.25, 0.3) is 0 Å². The van der Waals surface area contributed by atoms with Gasteiger partial charge in [0.15, 0.2) is 0 Å². The van der Waals surface area contributed by atoms with E-state index in [0.717, 1.165) is 17.8 Å². The SMILES string of the molecule is C1=CC(Nc2cccc3ccccc23)(N(c2ccccc2)c2cccc3ccccc23)CC=C1c1ccccc1. The molecule has 0 aliphatic heterocycles. The van der Waals surface area contributed by atoms with E-state index in [1.807, 2.05) is 0 Å². The van der Waals surface area contributed by atoms with Gasteiger partial charge < -0.3 is 10.2 Å². The van der Waals surface area contributed by atoms with Crippen molar-refractivity contribution in [3.8, 4) is 0 Å². The molecular formula is C38H30N2. The van der Waals surface area contributed by atoms with Crippen LogP contribution in [0.2, 0.25) is 0 Å². The van der Waals surface area contributed by atoms with E-state index in [4.69, 9.17) is 0 Å². The minimum absolute atomic E-state index is 0.562. The van der Waals surface area contributed by atoms with E-state index in [1.165, 1.54) is 38.4 Å². The van der Waals surface area contributed by atoms with Gasteiger partial charge in [-0.15, -0.1) is 0 Å². The molecule has 1 unspecified atom stereocenters. The number of allylic oxidation sites excluding steroid dienone is 2. The maximum Gasteiger partial charge on any atom is 0.138 e. The molecule has 2 nitrogen and oxygen atoms in total. The number of hydrogen-bond acceptors (Lipinski definition) is 2. The molecule has 192 valence electrons. The normalized spacial score (nSPS) is 16.6. The van der Waals surface area contributed by atoms with Crippen LogP contribution in [0.3, 0.4) is 0 Å². The van der Waals surface area contributed by atoms with Gasteiger partial charge in [-0.2, -0.15) is 0 Å². The Morgan fingerprint density at radius 1 is 0.550 bits per heavy atom. The summed E-state index contributed by atoms with van der Waals surface area (Å²) in [6.45, 7) is 0. The third-order valence-corrected chi connectivity index (χ3v) is 7.84. The van der Waals surface area contributed by atoms with E-state index in [9.17, 15) is 0 Å². The molecule has 0 fully saturated rings. The topological polar surface area (TPSA) is 15.3 Å². The zero-order valence-corrected chi connectivity index (χ0v) is 22.2. The van der Waals surface area contributed by atoms with E-state index in [-0.39, 0.29) is 0 Å². The largest absolute Gasteiger partial charge is 0.358 e. The number of nitrogens with zero attached hydrogens (tertiary/aromatic N) is 1. The lowest BCUT2D eigenvalue weighted by Crippen LogP contribution is -2.51. The van der Waals surface area contributed by atoms with Crippen molar-refractivity contribution >= 4 is 44.2 Å². The molecule has 0 radical (unpaired) electrons. The highest BCUT2D eigenvalue weighted by atomic mass is 15.3. The molecule has 0 amide bonds. The molecule has 40 heavy (non-hydrogen) atoms. The van der Waals surface area contributed by atoms with Crippen molar-refractivity contribution in [3.63, 3.8) is 0 Å². The van der Waals surface area contributed by atoms with Crippen LogP contribution in [0.1, 0.15) is 12.0 Å². The average molecular weight is 515 g/mol. The Labute approximate surface area is 235 Å². The van der Waals surface area contributed by atoms with Crippen LogP contribution in [0.25, 0.3) is 27.1 Å². The van der Waals surface area contributed by atoms with E-state index < -0.39 is 5.66 Å². The predicted octanol–water partition coefficient (Wildman–Crippen LogP) is 9.98. The molecule has 1 aliphatic rings. The average Bonchev–Trinajstić information content (AvgIpc) is 3.03. The third-order valence-electron chi connectivity index (χ3n) is 7.84. The van der Waals surface area contributed by atoms with Gasteiger partial charge in [0, 0.05) is 28.6 Å².